The number of carbonyl (C=O) groups is 2. The summed E-state index contributed by atoms with van der Waals surface area (Å²) in [5.41, 5.74) is 0. The van der Waals surface area contributed by atoms with Gasteiger partial charge in [0.1, 0.15) is 0 Å². The van der Waals surface area contributed by atoms with Crippen LogP contribution < -0.4 is 0 Å². The Labute approximate surface area is 129 Å². The van der Waals surface area contributed by atoms with Gasteiger partial charge in [0.05, 0.1) is 11.6 Å². The van der Waals surface area contributed by atoms with E-state index in [1.807, 2.05) is 11.1 Å². The van der Waals surface area contributed by atoms with Gasteiger partial charge in [-0.3, -0.25) is 9.59 Å². The molecule has 114 valence electrons. The predicted molar refractivity (Wildman–Crippen MR) is 81.2 cm³/mol. The molecule has 3 heterocycles. The highest BCUT2D eigenvalue weighted by Gasteiger charge is 2.29. The van der Waals surface area contributed by atoms with Crippen LogP contribution in [-0.2, 0) is 9.59 Å². The minimum Gasteiger partial charge on any atom is -0.340 e. The molecule has 2 saturated heterocycles. The van der Waals surface area contributed by atoms with Gasteiger partial charge in [-0.1, -0.05) is 0 Å². The van der Waals surface area contributed by atoms with Crippen LogP contribution in [0.25, 0.3) is 0 Å². The van der Waals surface area contributed by atoms with Crippen LogP contribution in [0.5, 0.6) is 0 Å². The molecule has 2 aliphatic rings. The topological polar surface area (TPSA) is 53.5 Å². The Balaban J connectivity index is 1.60. The Bertz CT molecular complexity index is 543. The van der Waals surface area contributed by atoms with Crippen molar-refractivity contribution in [2.24, 2.45) is 0 Å². The molecule has 3 rings (SSSR count). The monoisotopic (exact) mass is 307 g/mol. The molecule has 0 radical (unpaired) electrons. The Hall–Kier alpha value is -1.43. The maximum absolute atomic E-state index is 12.4. The fourth-order valence-electron chi connectivity index (χ4n) is 3.10. The first kappa shape index (κ1) is 14.5. The van der Waals surface area contributed by atoms with Crippen LogP contribution in [-0.4, -0.2) is 52.8 Å². The van der Waals surface area contributed by atoms with E-state index in [9.17, 15) is 9.59 Å². The highest BCUT2D eigenvalue weighted by atomic mass is 32.1. The molecule has 0 aliphatic carbocycles. The number of rotatable bonds is 3. The summed E-state index contributed by atoms with van der Waals surface area (Å²) >= 11 is 1.73. The summed E-state index contributed by atoms with van der Waals surface area (Å²) in [4.78, 5) is 33.3. The van der Waals surface area contributed by atoms with E-state index in [4.69, 9.17) is 0 Å². The fourth-order valence-corrected chi connectivity index (χ4v) is 4.00. The number of aryl methyl sites for hydroxylation is 1. The van der Waals surface area contributed by atoms with E-state index >= 15 is 0 Å². The molecule has 5 nitrogen and oxygen atoms in total. The van der Waals surface area contributed by atoms with Crippen molar-refractivity contribution >= 4 is 23.2 Å². The van der Waals surface area contributed by atoms with Crippen LogP contribution in [0.15, 0.2) is 6.20 Å². The quantitative estimate of drug-likeness (QED) is 0.855. The van der Waals surface area contributed by atoms with Crippen molar-refractivity contribution in [3.05, 3.63) is 16.1 Å². The second kappa shape index (κ2) is 6.13. The number of nitrogens with zero attached hydrogens (tertiary/aromatic N) is 3. The average Bonchev–Trinajstić information content (AvgIpc) is 3.08. The van der Waals surface area contributed by atoms with E-state index in [1.54, 1.807) is 16.2 Å². The molecule has 0 N–H and O–H groups in total. The first-order valence-corrected chi connectivity index (χ1v) is 8.43. The Morgan fingerprint density at radius 1 is 1.43 bits per heavy atom. The van der Waals surface area contributed by atoms with Crippen LogP contribution in [0.3, 0.4) is 0 Å². The molecular formula is C15H21N3O2S. The van der Waals surface area contributed by atoms with E-state index in [0.717, 1.165) is 43.9 Å². The molecule has 1 unspecified atom stereocenters. The largest absolute Gasteiger partial charge is 0.340 e. The van der Waals surface area contributed by atoms with Gasteiger partial charge in [-0.15, -0.1) is 11.3 Å². The minimum atomic E-state index is 0.0863. The first-order chi connectivity index (χ1) is 10.1. The molecular weight excluding hydrogens is 286 g/mol. The number of thiazole rings is 1. The molecule has 0 saturated carbocycles. The number of hydrogen-bond donors (Lipinski definition) is 0. The maximum atomic E-state index is 12.4. The fraction of sp³-hybridized carbons (Fsp3) is 0.667. The van der Waals surface area contributed by atoms with Gasteiger partial charge >= 0.3 is 0 Å². The first-order valence-electron chi connectivity index (χ1n) is 7.61. The summed E-state index contributed by atoms with van der Waals surface area (Å²) < 4.78 is 0. The third-order valence-corrected chi connectivity index (χ3v) is 5.34. The third kappa shape index (κ3) is 3.26. The van der Waals surface area contributed by atoms with Gasteiger partial charge in [0.25, 0.3) is 0 Å². The third-order valence-electron chi connectivity index (χ3n) is 4.26. The molecule has 2 amide bonds. The van der Waals surface area contributed by atoms with Gasteiger partial charge in [0, 0.05) is 43.0 Å². The van der Waals surface area contributed by atoms with E-state index in [2.05, 4.69) is 11.9 Å². The van der Waals surface area contributed by atoms with Gasteiger partial charge < -0.3 is 9.80 Å². The summed E-state index contributed by atoms with van der Waals surface area (Å²) in [7, 11) is 0. The Morgan fingerprint density at radius 3 is 2.95 bits per heavy atom. The van der Waals surface area contributed by atoms with Crippen molar-refractivity contribution in [3.8, 4) is 0 Å². The summed E-state index contributed by atoms with van der Waals surface area (Å²) in [5.74, 6) is 0.561. The number of aromatic nitrogens is 1. The number of amides is 2. The minimum absolute atomic E-state index is 0.0863. The van der Waals surface area contributed by atoms with E-state index < -0.39 is 0 Å². The Morgan fingerprint density at radius 2 is 2.29 bits per heavy atom. The number of carbonyl (C=O) groups excluding carboxylic acids is 2. The molecule has 2 fully saturated rings. The summed E-state index contributed by atoms with van der Waals surface area (Å²) in [6.07, 6.45) is 5.49. The van der Waals surface area contributed by atoms with Gasteiger partial charge in [0.2, 0.25) is 11.8 Å². The smallest absolute Gasteiger partial charge is 0.242 e. The van der Waals surface area contributed by atoms with E-state index in [0.29, 0.717) is 12.3 Å². The van der Waals surface area contributed by atoms with Crippen LogP contribution in [0.2, 0.25) is 0 Å². The van der Waals surface area contributed by atoms with Crippen LogP contribution >= 0.6 is 11.3 Å². The summed E-state index contributed by atoms with van der Waals surface area (Å²) in [6, 6.07) is 0. The summed E-state index contributed by atoms with van der Waals surface area (Å²) in [5, 5.41) is 1.14. The molecule has 1 aromatic heterocycles. The van der Waals surface area contributed by atoms with Crippen LogP contribution in [0, 0.1) is 6.92 Å². The normalized spacial score (nSPS) is 22.9. The molecule has 1 atom stereocenters. The van der Waals surface area contributed by atoms with Gasteiger partial charge in [0.15, 0.2) is 0 Å². The van der Waals surface area contributed by atoms with Crippen molar-refractivity contribution in [3.63, 3.8) is 0 Å². The number of likely N-dealkylation sites (tertiary alicyclic amines) is 2. The number of hydrogen-bond acceptors (Lipinski definition) is 4. The second-order valence-corrected chi connectivity index (χ2v) is 7.17. The molecule has 6 heteroatoms. The molecule has 1 aromatic rings. The molecule has 21 heavy (non-hydrogen) atoms. The van der Waals surface area contributed by atoms with Gasteiger partial charge in [-0.05, 0) is 26.2 Å². The zero-order chi connectivity index (χ0) is 14.8. The zero-order valence-electron chi connectivity index (χ0n) is 12.4. The Kier molecular flexibility index (Phi) is 4.24. The standard InChI is InChI=1S/C15H21N3O2S/c1-11-8-16-15(21-11)12-4-2-6-17(9-12)14(20)10-18-7-3-5-13(18)19/h8,12H,2-7,9-10H2,1H3. The average molecular weight is 307 g/mol. The molecule has 0 aromatic carbocycles. The van der Waals surface area contributed by atoms with Crippen molar-refractivity contribution in [2.45, 2.75) is 38.5 Å². The maximum Gasteiger partial charge on any atom is 0.242 e. The van der Waals surface area contributed by atoms with Crippen molar-refractivity contribution < 1.29 is 9.59 Å². The van der Waals surface area contributed by atoms with Gasteiger partial charge in [-0.25, -0.2) is 4.98 Å². The molecule has 2 aliphatic heterocycles. The van der Waals surface area contributed by atoms with Crippen LogP contribution in [0.4, 0.5) is 0 Å². The lowest BCUT2D eigenvalue weighted by Gasteiger charge is -2.33. The highest BCUT2D eigenvalue weighted by molar-refractivity contribution is 7.11. The lowest BCUT2D eigenvalue weighted by Crippen LogP contribution is -2.44. The van der Waals surface area contributed by atoms with Crippen molar-refractivity contribution in [1.29, 1.82) is 0 Å². The van der Waals surface area contributed by atoms with Crippen molar-refractivity contribution in [1.82, 2.24) is 14.8 Å². The predicted octanol–water partition coefficient (Wildman–Crippen LogP) is 1.78. The molecule has 0 bridgehead atoms. The second-order valence-electron chi connectivity index (χ2n) is 5.91. The lowest BCUT2D eigenvalue weighted by atomic mass is 9.98. The van der Waals surface area contributed by atoms with E-state index in [-0.39, 0.29) is 18.4 Å². The van der Waals surface area contributed by atoms with Gasteiger partial charge in [-0.2, -0.15) is 0 Å². The molecule has 0 spiro atoms. The zero-order valence-corrected chi connectivity index (χ0v) is 13.2. The van der Waals surface area contributed by atoms with E-state index in [1.165, 1.54) is 4.88 Å². The SMILES string of the molecule is Cc1cnc(C2CCCN(C(=O)CN3CCCC3=O)C2)s1. The lowest BCUT2D eigenvalue weighted by molar-refractivity contribution is -0.139. The summed E-state index contributed by atoms with van der Waals surface area (Å²) in [6.45, 7) is 4.59. The highest BCUT2D eigenvalue weighted by Crippen LogP contribution is 2.29. The van der Waals surface area contributed by atoms with Crippen LogP contribution in [0.1, 0.15) is 41.5 Å². The number of piperidine rings is 1. The van der Waals surface area contributed by atoms with Crippen molar-refractivity contribution in [2.75, 3.05) is 26.2 Å².